The van der Waals surface area contributed by atoms with Crippen LogP contribution in [0.5, 0.6) is 0 Å². The number of nitrogens with one attached hydrogen (secondary N) is 2. The van der Waals surface area contributed by atoms with Gasteiger partial charge in [-0.05, 0) is 40.5 Å². The van der Waals surface area contributed by atoms with Gasteiger partial charge in [0.05, 0.1) is 6.54 Å². The quantitative estimate of drug-likeness (QED) is 0.604. The smallest absolute Gasteiger partial charge is 0.410 e. The first-order chi connectivity index (χ1) is 10.3. The lowest BCUT2D eigenvalue weighted by atomic mass is 10.2. The average Bonchev–Trinajstić information content (AvgIpc) is 2.89. The molecule has 6 heteroatoms. The van der Waals surface area contributed by atoms with E-state index in [0.717, 1.165) is 12.5 Å². The summed E-state index contributed by atoms with van der Waals surface area (Å²) >= 11 is 0. The lowest BCUT2D eigenvalue weighted by Gasteiger charge is -2.24. The van der Waals surface area contributed by atoms with Crippen LogP contribution in [0.15, 0.2) is 4.99 Å². The molecule has 2 N–H and O–H groups in total. The van der Waals surface area contributed by atoms with Gasteiger partial charge in [-0.1, -0.05) is 12.8 Å². The van der Waals surface area contributed by atoms with Gasteiger partial charge in [0.2, 0.25) is 0 Å². The monoisotopic (exact) mass is 312 g/mol. The molecule has 22 heavy (non-hydrogen) atoms. The minimum Gasteiger partial charge on any atom is -0.444 e. The van der Waals surface area contributed by atoms with E-state index >= 15 is 0 Å². The number of hydrogen-bond acceptors (Lipinski definition) is 3. The summed E-state index contributed by atoms with van der Waals surface area (Å²) in [7, 11) is 1.74. The molecule has 1 aliphatic rings. The van der Waals surface area contributed by atoms with Gasteiger partial charge in [-0.2, -0.15) is 0 Å². The Labute approximate surface area is 134 Å². The maximum absolute atomic E-state index is 11.9. The van der Waals surface area contributed by atoms with E-state index in [0.29, 0.717) is 19.1 Å². The minimum atomic E-state index is -0.465. The van der Waals surface area contributed by atoms with Crippen molar-refractivity contribution in [3.05, 3.63) is 0 Å². The predicted molar refractivity (Wildman–Crippen MR) is 90.2 cm³/mol. The van der Waals surface area contributed by atoms with Crippen molar-refractivity contribution in [1.29, 1.82) is 0 Å². The van der Waals surface area contributed by atoms with E-state index in [2.05, 4.69) is 22.5 Å². The molecule has 0 bridgehead atoms. The number of nitrogens with zero attached hydrogens (tertiary/aromatic N) is 2. The molecule has 128 valence electrons. The molecule has 0 spiro atoms. The highest BCUT2D eigenvalue weighted by Gasteiger charge is 2.19. The third-order valence-electron chi connectivity index (χ3n) is 3.45. The lowest BCUT2D eigenvalue weighted by molar-refractivity contribution is 0.0304. The van der Waals surface area contributed by atoms with Crippen LogP contribution in [0, 0.1) is 0 Å². The molecule has 6 nitrogen and oxygen atoms in total. The number of rotatable bonds is 5. The molecule has 0 radical (unpaired) electrons. The van der Waals surface area contributed by atoms with Crippen molar-refractivity contribution in [3.63, 3.8) is 0 Å². The fraction of sp³-hybridized carbons (Fsp3) is 0.875. The van der Waals surface area contributed by atoms with Crippen LogP contribution in [0.4, 0.5) is 4.79 Å². The Bertz CT molecular complexity index is 371. The fourth-order valence-corrected chi connectivity index (χ4v) is 2.33. The summed E-state index contributed by atoms with van der Waals surface area (Å²) in [5.41, 5.74) is -0.465. The predicted octanol–water partition coefficient (Wildman–Crippen LogP) is 2.35. The molecule has 1 amide bonds. The van der Waals surface area contributed by atoms with Crippen molar-refractivity contribution >= 4 is 12.1 Å². The Morgan fingerprint density at radius 1 is 1.32 bits per heavy atom. The summed E-state index contributed by atoms with van der Waals surface area (Å²) in [5, 5.41) is 6.72. The van der Waals surface area contributed by atoms with Gasteiger partial charge in [0.25, 0.3) is 0 Å². The standard InChI is InChI=1S/C16H32N4O2/c1-6-17-14(19-13-9-7-8-10-13)18-11-12-20(5)15(21)22-16(2,3)4/h13H,6-12H2,1-5H3,(H2,17,18,19). The zero-order chi connectivity index (χ0) is 16.6. The average molecular weight is 312 g/mol. The topological polar surface area (TPSA) is 66.0 Å². The second-order valence-electron chi connectivity index (χ2n) is 6.79. The van der Waals surface area contributed by atoms with E-state index in [1.54, 1.807) is 11.9 Å². The Morgan fingerprint density at radius 2 is 1.95 bits per heavy atom. The first-order valence-corrected chi connectivity index (χ1v) is 8.31. The summed E-state index contributed by atoms with van der Waals surface area (Å²) in [6, 6.07) is 0.529. The molecule has 0 heterocycles. The van der Waals surface area contributed by atoms with Crippen molar-refractivity contribution in [1.82, 2.24) is 15.5 Å². The Hall–Kier alpha value is -1.46. The molecule has 1 fully saturated rings. The van der Waals surface area contributed by atoms with Gasteiger partial charge < -0.3 is 20.3 Å². The number of likely N-dealkylation sites (N-methyl/N-ethyl adjacent to an activating group) is 1. The van der Waals surface area contributed by atoms with Gasteiger partial charge in [-0.3, -0.25) is 4.99 Å². The zero-order valence-electron chi connectivity index (χ0n) is 14.7. The first-order valence-electron chi connectivity index (χ1n) is 8.31. The van der Waals surface area contributed by atoms with Crippen LogP contribution >= 0.6 is 0 Å². The highest BCUT2D eigenvalue weighted by atomic mass is 16.6. The highest BCUT2D eigenvalue weighted by molar-refractivity contribution is 5.80. The van der Waals surface area contributed by atoms with Gasteiger partial charge in [0.1, 0.15) is 5.60 Å². The molecule has 0 atom stereocenters. The maximum atomic E-state index is 11.9. The molecule has 0 aromatic carbocycles. The molecular weight excluding hydrogens is 280 g/mol. The molecule has 0 aliphatic heterocycles. The molecule has 0 saturated heterocycles. The molecule has 0 unspecified atom stereocenters. The highest BCUT2D eigenvalue weighted by Crippen LogP contribution is 2.17. The van der Waals surface area contributed by atoms with Gasteiger partial charge in [0.15, 0.2) is 5.96 Å². The van der Waals surface area contributed by atoms with Crippen LogP contribution < -0.4 is 10.6 Å². The fourth-order valence-electron chi connectivity index (χ4n) is 2.33. The molecular formula is C16H32N4O2. The second kappa shape index (κ2) is 8.86. The summed E-state index contributed by atoms with van der Waals surface area (Å²) in [6.45, 7) is 9.58. The number of carbonyl (C=O) groups excluding carboxylic acids is 1. The maximum Gasteiger partial charge on any atom is 0.410 e. The Kier molecular flexibility index (Phi) is 7.48. The lowest BCUT2D eigenvalue weighted by Crippen LogP contribution is -2.43. The van der Waals surface area contributed by atoms with Gasteiger partial charge in [-0.15, -0.1) is 0 Å². The zero-order valence-corrected chi connectivity index (χ0v) is 14.7. The van der Waals surface area contributed by atoms with Crippen LogP contribution in [0.1, 0.15) is 53.4 Å². The Morgan fingerprint density at radius 3 is 2.50 bits per heavy atom. The van der Waals surface area contributed by atoms with Gasteiger partial charge in [-0.25, -0.2) is 4.79 Å². The summed E-state index contributed by atoms with van der Waals surface area (Å²) < 4.78 is 5.32. The molecule has 0 aromatic rings. The van der Waals surface area contributed by atoms with E-state index in [1.165, 1.54) is 25.7 Å². The van der Waals surface area contributed by atoms with Crippen LogP contribution in [-0.2, 0) is 4.74 Å². The third kappa shape index (κ3) is 7.52. The molecule has 1 aliphatic carbocycles. The van der Waals surface area contributed by atoms with E-state index in [-0.39, 0.29) is 6.09 Å². The van der Waals surface area contributed by atoms with Crippen LogP contribution in [0.2, 0.25) is 0 Å². The van der Waals surface area contributed by atoms with Gasteiger partial charge in [0, 0.05) is 26.2 Å². The normalized spacial score (nSPS) is 16.5. The first kappa shape index (κ1) is 18.6. The largest absolute Gasteiger partial charge is 0.444 e. The SMILES string of the molecule is CCNC(=NCCN(C)C(=O)OC(C)(C)C)NC1CCCC1. The number of guanidine groups is 1. The Balaban J connectivity index is 2.40. The van der Waals surface area contributed by atoms with E-state index in [4.69, 9.17) is 4.74 Å². The van der Waals surface area contributed by atoms with Crippen LogP contribution in [0.25, 0.3) is 0 Å². The number of ether oxygens (including phenoxy) is 1. The van der Waals surface area contributed by atoms with Crippen molar-refractivity contribution in [2.75, 3.05) is 26.7 Å². The van der Waals surface area contributed by atoms with Crippen molar-refractivity contribution in [2.45, 2.75) is 65.0 Å². The molecule has 1 rings (SSSR count). The summed E-state index contributed by atoms with van der Waals surface area (Å²) in [4.78, 5) is 18.0. The van der Waals surface area contributed by atoms with E-state index in [1.807, 2.05) is 20.8 Å². The summed E-state index contributed by atoms with van der Waals surface area (Å²) in [5.74, 6) is 0.840. The van der Waals surface area contributed by atoms with Crippen molar-refractivity contribution in [2.24, 2.45) is 4.99 Å². The number of amides is 1. The number of carbonyl (C=O) groups is 1. The van der Waals surface area contributed by atoms with Crippen LogP contribution in [-0.4, -0.2) is 55.3 Å². The summed E-state index contributed by atoms with van der Waals surface area (Å²) in [6.07, 6.45) is 4.69. The number of hydrogen-bond donors (Lipinski definition) is 2. The van der Waals surface area contributed by atoms with E-state index in [9.17, 15) is 4.79 Å². The van der Waals surface area contributed by atoms with Crippen LogP contribution in [0.3, 0.4) is 0 Å². The minimum absolute atomic E-state index is 0.309. The van der Waals surface area contributed by atoms with Crippen molar-refractivity contribution in [3.8, 4) is 0 Å². The van der Waals surface area contributed by atoms with Gasteiger partial charge >= 0.3 is 6.09 Å². The second-order valence-corrected chi connectivity index (χ2v) is 6.79. The molecule has 0 aromatic heterocycles. The number of aliphatic imine (C=N–C) groups is 1. The third-order valence-corrected chi connectivity index (χ3v) is 3.45. The molecule has 1 saturated carbocycles. The van der Waals surface area contributed by atoms with E-state index < -0.39 is 5.60 Å². The van der Waals surface area contributed by atoms with Crippen molar-refractivity contribution < 1.29 is 9.53 Å².